The van der Waals surface area contributed by atoms with Gasteiger partial charge in [-0.15, -0.1) is 0 Å². The summed E-state index contributed by atoms with van der Waals surface area (Å²) in [7, 11) is 1.50. The number of anilines is 1. The highest BCUT2D eigenvalue weighted by atomic mass is 32.2. The standard InChI is InChI=1S/C19H23N5O2S/c1-18(2)11-19(3,24-17(20)27-18)12-6-5-7-13(8-12)23-16(25)14-9-22-15(26-4)10-21-14/h5-10H,11H2,1-4H3,(H2,20,24)(H,23,25). The average molecular weight is 385 g/mol. The normalized spacial score (nSPS) is 21.3. The fourth-order valence-corrected chi connectivity index (χ4v) is 4.45. The van der Waals surface area contributed by atoms with Gasteiger partial charge in [0.15, 0.2) is 5.17 Å². The zero-order chi connectivity index (χ0) is 19.7. The van der Waals surface area contributed by atoms with Crippen molar-refractivity contribution in [3.8, 4) is 5.88 Å². The fraction of sp³-hybridized carbons (Fsp3) is 0.368. The first-order valence-corrected chi connectivity index (χ1v) is 9.35. The van der Waals surface area contributed by atoms with E-state index < -0.39 is 5.54 Å². The minimum Gasteiger partial charge on any atom is -0.480 e. The molecular weight excluding hydrogens is 362 g/mol. The van der Waals surface area contributed by atoms with Crippen LogP contribution in [0.4, 0.5) is 5.69 Å². The highest BCUT2D eigenvalue weighted by Gasteiger charge is 2.39. The van der Waals surface area contributed by atoms with Crippen molar-refractivity contribution >= 4 is 28.5 Å². The Bertz CT molecular complexity index is 882. The summed E-state index contributed by atoms with van der Waals surface area (Å²) in [6, 6.07) is 7.66. The summed E-state index contributed by atoms with van der Waals surface area (Å²) in [4.78, 5) is 25.2. The lowest BCUT2D eigenvalue weighted by Gasteiger charge is -2.39. The Morgan fingerprint density at radius 1 is 1.26 bits per heavy atom. The molecule has 3 N–H and O–H groups in total. The maximum Gasteiger partial charge on any atom is 0.275 e. The number of rotatable bonds is 4. The van der Waals surface area contributed by atoms with Gasteiger partial charge in [-0.3, -0.25) is 9.79 Å². The van der Waals surface area contributed by atoms with E-state index in [0.717, 1.165) is 12.0 Å². The second-order valence-corrected chi connectivity index (χ2v) is 8.97. The van der Waals surface area contributed by atoms with Gasteiger partial charge < -0.3 is 15.8 Å². The van der Waals surface area contributed by atoms with Crippen molar-refractivity contribution in [2.24, 2.45) is 10.7 Å². The Kier molecular flexibility index (Phi) is 5.10. The number of nitrogens with two attached hydrogens (primary N) is 1. The number of nitrogens with one attached hydrogen (secondary N) is 1. The van der Waals surface area contributed by atoms with E-state index in [0.29, 0.717) is 16.7 Å². The number of hydrogen-bond acceptors (Lipinski definition) is 7. The van der Waals surface area contributed by atoms with Gasteiger partial charge in [-0.25, -0.2) is 9.97 Å². The Hall–Kier alpha value is -2.61. The van der Waals surface area contributed by atoms with E-state index in [1.807, 2.05) is 24.3 Å². The molecule has 7 nitrogen and oxygen atoms in total. The quantitative estimate of drug-likeness (QED) is 0.838. The molecular formula is C19H23N5O2S. The first-order valence-electron chi connectivity index (χ1n) is 8.53. The lowest BCUT2D eigenvalue weighted by molar-refractivity contribution is 0.102. The van der Waals surface area contributed by atoms with Crippen molar-refractivity contribution in [1.82, 2.24) is 9.97 Å². The highest BCUT2D eigenvalue weighted by molar-refractivity contribution is 8.15. The third-order valence-corrected chi connectivity index (χ3v) is 5.32. The number of amides is 1. The summed E-state index contributed by atoms with van der Waals surface area (Å²) < 4.78 is 4.94. The van der Waals surface area contributed by atoms with Crippen LogP contribution in [0.1, 0.15) is 43.2 Å². The molecule has 1 unspecified atom stereocenters. The molecule has 1 amide bonds. The number of aliphatic imine (C=N–C) groups is 1. The van der Waals surface area contributed by atoms with Crippen molar-refractivity contribution < 1.29 is 9.53 Å². The SMILES string of the molecule is COc1cnc(C(=O)Nc2cccc(C3(C)CC(C)(C)SC(N)=N3)c2)cn1. The number of nitrogens with zero attached hydrogens (tertiary/aromatic N) is 3. The van der Waals surface area contributed by atoms with Crippen molar-refractivity contribution in [3.05, 3.63) is 47.9 Å². The van der Waals surface area contributed by atoms with Crippen LogP contribution in [0.2, 0.25) is 0 Å². The van der Waals surface area contributed by atoms with Crippen LogP contribution in [0.15, 0.2) is 41.7 Å². The molecule has 1 aromatic carbocycles. The predicted octanol–water partition coefficient (Wildman–Crippen LogP) is 3.18. The Labute approximate surface area is 162 Å². The van der Waals surface area contributed by atoms with E-state index in [2.05, 4.69) is 41.0 Å². The first-order chi connectivity index (χ1) is 12.7. The Morgan fingerprint density at radius 2 is 2.04 bits per heavy atom. The maximum absolute atomic E-state index is 12.4. The van der Waals surface area contributed by atoms with Gasteiger partial charge in [-0.2, -0.15) is 0 Å². The molecule has 0 bridgehead atoms. The van der Waals surface area contributed by atoms with Gasteiger partial charge in [-0.1, -0.05) is 37.7 Å². The fourth-order valence-electron chi connectivity index (χ4n) is 3.29. The molecule has 27 heavy (non-hydrogen) atoms. The summed E-state index contributed by atoms with van der Waals surface area (Å²) in [5, 5.41) is 3.44. The average Bonchev–Trinajstić information content (AvgIpc) is 2.60. The third kappa shape index (κ3) is 4.39. The molecule has 0 radical (unpaired) electrons. The van der Waals surface area contributed by atoms with Gasteiger partial charge in [0.25, 0.3) is 5.91 Å². The predicted molar refractivity (Wildman–Crippen MR) is 108 cm³/mol. The smallest absolute Gasteiger partial charge is 0.275 e. The molecule has 0 saturated heterocycles. The van der Waals surface area contributed by atoms with Crippen molar-refractivity contribution in [2.45, 2.75) is 37.5 Å². The highest BCUT2D eigenvalue weighted by Crippen LogP contribution is 2.45. The Morgan fingerprint density at radius 3 is 2.67 bits per heavy atom. The van der Waals surface area contributed by atoms with E-state index in [1.165, 1.54) is 19.5 Å². The van der Waals surface area contributed by atoms with E-state index >= 15 is 0 Å². The van der Waals surface area contributed by atoms with E-state index in [-0.39, 0.29) is 16.3 Å². The van der Waals surface area contributed by atoms with Gasteiger partial charge >= 0.3 is 0 Å². The number of thioether (sulfide) groups is 1. The molecule has 8 heteroatoms. The van der Waals surface area contributed by atoms with Crippen LogP contribution in [0, 0.1) is 0 Å². The number of hydrogen-bond donors (Lipinski definition) is 2. The largest absolute Gasteiger partial charge is 0.480 e. The molecule has 0 fully saturated rings. The molecule has 0 spiro atoms. The number of methoxy groups -OCH3 is 1. The number of ether oxygens (including phenoxy) is 1. The van der Waals surface area contributed by atoms with Gasteiger partial charge in [0.1, 0.15) is 5.69 Å². The molecule has 2 heterocycles. The van der Waals surface area contributed by atoms with Gasteiger partial charge in [0, 0.05) is 10.4 Å². The Balaban J connectivity index is 1.83. The molecule has 0 saturated carbocycles. The number of aromatic nitrogens is 2. The number of amidine groups is 1. The van der Waals surface area contributed by atoms with E-state index in [1.54, 1.807) is 11.8 Å². The monoisotopic (exact) mass is 385 g/mol. The van der Waals surface area contributed by atoms with Crippen LogP contribution in [-0.4, -0.2) is 32.9 Å². The lowest BCUT2D eigenvalue weighted by atomic mass is 9.84. The lowest BCUT2D eigenvalue weighted by Crippen LogP contribution is -2.38. The topological polar surface area (TPSA) is 102 Å². The summed E-state index contributed by atoms with van der Waals surface area (Å²) >= 11 is 1.59. The maximum atomic E-state index is 12.4. The zero-order valence-electron chi connectivity index (χ0n) is 15.8. The molecule has 1 aromatic heterocycles. The minimum atomic E-state index is -0.445. The molecule has 2 aromatic rings. The van der Waals surface area contributed by atoms with Gasteiger partial charge in [0.2, 0.25) is 5.88 Å². The summed E-state index contributed by atoms with van der Waals surface area (Å²) in [6.45, 7) is 6.38. The van der Waals surface area contributed by atoms with Crippen molar-refractivity contribution in [3.63, 3.8) is 0 Å². The summed E-state index contributed by atoms with van der Waals surface area (Å²) in [5.74, 6) is 0.0182. The van der Waals surface area contributed by atoms with Crippen LogP contribution in [0.5, 0.6) is 5.88 Å². The van der Waals surface area contributed by atoms with Crippen molar-refractivity contribution in [1.29, 1.82) is 0 Å². The first kappa shape index (κ1) is 19.2. The van der Waals surface area contributed by atoms with Crippen LogP contribution in [-0.2, 0) is 5.54 Å². The third-order valence-electron chi connectivity index (χ3n) is 4.32. The van der Waals surface area contributed by atoms with Crippen LogP contribution >= 0.6 is 11.8 Å². The van der Waals surface area contributed by atoms with Gasteiger partial charge in [-0.05, 0) is 31.0 Å². The second kappa shape index (κ2) is 7.19. The summed E-state index contributed by atoms with van der Waals surface area (Å²) in [6.07, 6.45) is 3.63. The minimum absolute atomic E-state index is 0.0154. The molecule has 3 rings (SSSR count). The van der Waals surface area contributed by atoms with Crippen LogP contribution in [0.3, 0.4) is 0 Å². The van der Waals surface area contributed by atoms with Gasteiger partial charge in [0.05, 0.1) is 25.0 Å². The molecule has 1 aliphatic rings. The molecule has 1 aliphatic heterocycles. The van der Waals surface area contributed by atoms with Crippen LogP contribution < -0.4 is 15.8 Å². The second-order valence-electron chi connectivity index (χ2n) is 7.24. The van der Waals surface area contributed by atoms with E-state index in [9.17, 15) is 4.79 Å². The number of carbonyl (C=O) groups is 1. The zero-order valence-corrected chi connectivity index (χ0v) is 16.6. The number of benzene rings is 1. The van der Waals surface area contributed by atoms with Crippen molar-refractivity contribution in [2.75, 3.05) is 12.4 Å². The molecule has 1 atom stereocenters. The molecule has 0 aliphatic carbocycles. The van der Waals surface area contributed by atoms with E-state index in [4.69, 9.17) is 10.5 Å². The molecule has 142 valence electrons. The summed E-state index contributed by atoms with van der Waals surface area (Å²) in [5.41, 5.74) is 7.49. The number of carbonyl (C=O) groups excluding carboxylic acids is 1. The van der Waals surface area contributed by atoms with Crippen LogP contribution in [0.25, 0.3) is 0 Å².